The SMILES string of the molecule is Cc1ccc(Cc2cc(C3CC(O)CC(CO)O3)c(C)c3c2CCCC3)cc1. The standard InChI is InChI=1S/C25H32O3/c1-16-7-9-18(10-8-16)11-19-12-24(17(2)22-5-3-4-6-23(19)22)25-14-20(27)13-21(15-26)28-25/h7-10,12,20-21,25-27H,3-6,11,13-15H2,1-2H3. The van der Waals surface area contributed by atoms with E-state index in [-0.39, 0.29) is 18.8 Å². The van der Waals surface area contributed by atoms with Gasteiger partial charge >= 0.3 is 0 Å². The van der Waals surface area contributed by atoms with E-state index < -0.39 is 6.10 Å². The molecule has 2 aromatic rings. The van der Waals surface area contributed by atoms with E-state index in [1.165, 1.54) is 51.8 Å². The smallest absolute Gasteiger partial charge is 0.0857 e. The van der Waals surface area contributed by atoms with Crippen LogP contribution in [0.5, 0.6) is 0 Å². The number of fused-ring (bicyclic) bond motifs is 1. The molecule has 3 atom stereocenters. The zero-order valence-corrected chi connectivity index (χ0v) is 17.1. The maximum atomic E-state index is 10.3. The highest BCUT2D eigenvalue weighted by Gasteiger charge is 2.31. The Morgan fingerprint density at radius 1 is 1.00 bits per heavy atom. The summed E-state index contributed by atoms with van der Waals surface area (Å²) in [7, 11) is 0. The van der Waals surface area contributed by atoms with E-state index >= 15 is 0 Å². The number of rotatable bonds is 4. The lowest BCUT2D eigenvalue weighted by atomic mass is 9.80. The third-order valence-electron chi connectivity index (χ3n) is 6.51. The van der Waals surface area contributed by atoms with E-state index in [1.54, 1.807) is 0 Å². The van der Waals surface area contributed by atoms with Crippen molar-refractivity contribution in [2.75, 3.05) is 6.61 Å². The van der Waals surface area contributed by atoms with E-state index in [2.05, 4.69) is 44.2 Å². The summed E-state index contributed by atoms with van der Waals surface area (Å²) in [6.45, 7) is 4.31. The zero-order chi connectivity index (χ0) is 19.7. The fraction of sp³-hybridized carbons (Fsp3) is 0.520. The van der Waals surface area contributed by atoms with Crippen molar-refractivity contribution in [3.05, 3.63) is 69.3 Å². The monoisotopic (exact) mass is 380 g/mol. The first-order valence-electron chi connectivity index (χ1n) is 10.7. The van der Waals surface area contributed by atoms with Gasteiger partial charge in [-0.3, -0.25) is 0 Å². The second-order valence-electron chi connectivity index (χ2n) is 8.63. The van der Waals surface area contributed by atoms with Gasteiger partial charge in [-0.2, -0.15) is 0 Å². The molecule has 1 saturated heterocycles. The summed E-state index contributed by atoms with van der Waals surface area (Å²) in [5.74, 6) is 0. The predicted octanol–water partition coefficient (Wildman–Crippen LogP) is 4.35. The molecule has 1 heterocycles. The van der Waals surface area contributed by atoms with Crippen LogP contribution in [0.1, 0.15) is 70.7 Å². The largest absolute Gasteiger partial charge is 0.394 e. The number of aliphatic hydroxyl groups excluding tert-OH is 2. The van der Waals surface area contributed by atoms with Crippen molar-refractivity contribution in [2.45, 2.75) is 77.1 Å². The molecule has 3 unspecified atom stereocenters. The number of hydrogen-bond donors (Lipinski definition) is 2. The Labute approximate surface area is 168 Å². The van der Waals surface area contributed by atoms with E-state index in [0.29, 0.717) is 12.8 Å². The summed E-state index contributed by atoms with van der Waals surface area (Å²) in [6.07, 6.45) is 6.05. The molecule has 1 aliphatic carbocycles. The van der Waals surface area contributed by atoms with Gasteiger partial charge in [-0.15, -0.1) is 0 Å². The van der Waals surface area contributed by atoms with Crippen molar-refractivity contribution in [3.63, 3.8) is 0 Å². The van der Waals surface area contributed by atoms with Gasteiger partial charge in [0.15, 0.2) is 0 Å². The minimum atomic E-state index is -0.410. The molecule has 0 spiro atoms. The Morgan fingerprint density at radius 2 is 1.71 bits per heavy atom. The molecule has 1 fully saturated rings. The average Bonchev–Trinajstić information content (AvgIpc) is 2.71. The number of ether oxygens (including phenoxy) is 1. The fourth-order valence-corrected chi connectivity index (χ4v) is 4.96. The second kappa shape index (κ2) is 8.36. The van der Waals surface area contributed by atoms with E-state index in [9.17, 15) is 10.2 Å². The van der Waals surface area contributed by atoms with Gasteiger partial charge < -0.3 is 14.9 Å². The molecular formula is C25H32O3. The molecule has 0 radical (unpaired) electrons. The van der Waals surface area contributed by atoms with Crippen molar-refractivity contribution < 1.29 is 14.9 Å². The van der Waals surface area contributed by atoms with Crippen molar-refractivity contribution >= 4 is 0 Å². The van der Waals surface area contributed by atoms with Gasteiger partial charge in [-0.05, 0) is 79.3 Å². The van der Waals surface area contributed by atoms with Crippen molar-refractivity contribution in [2.24, 2.45) is 0 Å². The first kappa shape index (κ1) is 19.6. The first-order chi connectivity index (χ1) is 13.5. The molecule has 28 heavy (non-hydrogen) atoms. The molecule has 2 N–H and O–H groups in total. The average molecular weight is 381 g/mol. The second-order valence-corrected chi connectivity index (χ2v) is 8.63. The topological polar surface area (TPSA) is 49.7 Å². The number of benzene rings is 2. The minimum absolute atomic E-state index is 0.0340. The summed E-state index contributed by atoms with van der Waals surface area (Å²) < 4.78 is 6.17. The Hall–Kier alpha value is -1.68. The van der Waals surface area contributed by atoms with Crippen LogP contribution in [-0.2, 0) is 24.0 Å². The van der Waals surface area contributed by atoms with Crippen LogP contribution in [0.4, 0.5) is 0 Å². The van der Waals surface area contributed by atoms with E-state index in [1.807, 2.05) is 0 Å². The van der Waals surface area contributed by atoms with Gasteiger partial charge in [-0.25, -0.2) is 0 Å². The van der Waals surface area contributed by atoms with Crippen LogP contribution >= 0.6 is 0 Å². The third kappa shape index (κ3) is 4.03. The van der Waals surface area contributed by atoms with Gasteiger partial charge in [0.25, 0.3) is 0 Å². The van der Waals surface area contributed by atoms with Crippen LogP contribution in [0.2, 0.25) is 0 Å². The molecule has 0 amide bonds. The maximum absolute atomic E-state index is 10.3. The van der Waals surface area contributed by atoms with Gasteiger partial charge in [0.2, 0.25) is 0 Å². The molecule has 0 saturated carbocycles. The molecule has 0 aromatic heterocycles. The Bertz CT molecular complexity index is 825. The first-order valence-corrected chi connectivity index (χ1v) is 10.7. The maximum Gasteiger partial charge on any atom is 0.0857 e. The summed E-state index contributed by atoms with van der Waals surface area (Å²) in [4.78, 5) is 0. The minimum Gasteiger partial charge on any atom is -0.394 e. The summed E-state index contributed by atoms with van der Waals surface area (Å²) in [5.41, 5.74) is 9.60. The highest BCUT2D eigenvalue weighted by Crippen LogP contribution is 2.38. The predicted molar refractivity (Wildman–Crippen MR) is 112 cm³/mol. The Balaban J connectivity index is 1.73. The highest BCUT2D eigenvalue weighted by atomic mass is 16.5. The molecule has 3 heteroatoms. The molecule has 2 aliphatic rings. The molecule has 3 nitrogen and oxygen atoms in total. The van der Waals surface area contributed by atoms with Crippen LogP contribution < -0.4 is 0 Å². The van der Waals surface area contributed by atoms with Gasteiger partial charge in [0.05, 0.1) is 24.9 Å². The van der Waals surface area contributed by atoms with Crippen LogP contribution in [0.3, 0.4) is 0 Å². The van der Waals surface area contributed by atoms with Crippen LogP contribution in [0.25, 0.3) is 0 Å². The van der Waals surface area contributed by atoms with Gasteiger partial charge in [0.1, 0.15) is 0 Å². The zero-order valence-electron chi connectivity index (χ0n) is 17.1. The fourth-order valence-electron chi connectivity index (χ4n) is 4.96. The molecule has 0 bridgehead atoms. The number of aryl methyl sites for hydroxylation is 1. The Kier molecular flexibility index (Phi) is 5.86. The van der Waals surface area contributed by atoms with Gasteiger partial charge in [0, 0.05) is 12.8 Å². The lowest BCUT2D eigenvalue weighted by molar-refractivity contribution is -0.114. The molecule has 1 aliphatic heterocycles. The normalized spacial score (nSPS) is 24.8. The lowest BCUT2D eigenvalue weighted by Crippen LogP contribution is -2.34. The van der Waals surface area contributed by atoms with E-state index in [0.717, 1.165) is 19.3 Å². The molecule has 2 aromatic carbocycles. The van der Waals surface area contributed by atoms with Crippen molar-refractivity contribution in [3.8, 4) is 0 Å². The van der Waals surface area contributed by atoms with Crippen LogP contribution in [0.15, 0.2) is 30.3 Å². The highest BCUT2D eigenvalue weighted by molar-refractivity contribution is 5.49. The van der Waals surface area contributed by atoms with Crippen LogP contribution in [-0.4, -0.2) is 29.0 Å². The lowest BCUT2D eigenvalue weighted by Gasteiger charge is -2.35. The van der Waals surface area contributed by atoms with Crippen molar-refractivity contribution in [1.29, 1.82) is 0 Å². The third-order valence-corrected chi connectivity index (χ3v) is 6.51. The molecule has 150 valence electrons. The van der Waals surface area contributed by atoms with Gasteiger partial charge in [-0.1, -0.05) is 35.9 Å². The van der Waals surface area contributed by atoms with Crippen molar-refractivity contribution in [1.82, 2.24) is 0 Å². The summed E-state index contributed by atoms with van der Waals surface area (Å²) >= 11 is 0. The molecule has 4 rings (SSSR count). The summed E-state index contributed by atoms with van der Waals surface area (Å²) in [6, 6.07) is 11.2. The van der Waals surface area contributed by atoms with E-state index in [4.69, 9.17) is 4.74 Å². The Morgan fingerprint density at radius 3 is 2.43 bits per heavy atom. The van der Waals surface area contributed by atoms with Crippen LogP contribution in [0, 0.1) is 13.8 Å². The molecular weight excluding hydrogens is 348 g/mol. The number of hydrogen-bond acceptors (Lipinski definition) is 3. The quantitative estimate of drug-likeness (QED) is 0.829. The summed E-state index contributed by atoms with van der Waals surface area (Å²) in [5, 5.41) is 19.9. The number of aliphatic hydroxyl groups is 2.